The second-order valence-corrected chi connectivity index (χ2v) is 6.32. The molecule has 2 rings (SSSR count). The van der Waals surface area contributed by atoms with E-state index in [0.29, 0.717) is 11.8 Å². The first-order chi connectivity index (χ1) is 11.2. The molecule has 0 aliphatic carbocycles. The summed E-state index contributed by atoms with van der Waals surface area (Å²) in [6, 6.07) is 5.45. The fraction of sp³-hybridized carbons (Fsp3) is 0.143. The Bertz CT molecular complexity index is 827. The third kappa shape index (κ3) is 3.93. The second-order valence-electron chi connectivity index (χ2n) is 4.41. The summed E-state index contributed by atoms with van der Waals surface area (Å²) in [7, 11) is 0. The number of aromatic nitrogens is 1. The fourth-order valence-corrected chi connectivity index (χ4v) is 3.13. The van der Waals surface area contributed by atoms with Crippen molar-refractivity contribution in [2.75, 3.05) is 5.75 Å². The molecule has 0 aliphatic heterocycles. The van der Waals surface area contributed by atoms with Crippen LogP contribution in [0.3, 0.4) is 0 Å². The molecule has 0 aliphatic rings. The van der Waals surface area contributed by atoms with Crippen molar-refractivity contribution in [1.29, 1.82) is 5.26 Å². The lowest BCUT2D eigenvalue weighted by Crippen LogP contribution is -2.18. The first-order valence-corrected chi connectivity index (χ1v) is 8.12. The summed E-state index contributed by atoms with van der Waals surface area (Å²) in [5.41, 5.74) is 2.62. The maximum absolute atomic E-state index is 13.3. The number of nitrogens with zero attached hydrogens (tertiary/aromatic N) is 2. The van der Waals surface area contributed by atoms with E-state index in [4.69, 9.17) is 11.0 Å². The van der Waals surface area contributed by atoms with Gasteiger partial charge in [0.1, 0.15) is 11.1 Å². The molecule has 0 radical (unpaired) electrons. The number of thioether (sulfide) groups is 1. The lowest BCUT2D eigenvalue weighted by Gasteiger charge is -2.13. The van der Waals surface area contributed by atoms with E-state index in [-0.39, 0.29) is 21.2 Å². The molecule has 10 heteroatoms. The molecule has 2 heterocycles. The SMILES string of the molecule is N#Cc1cc(C(=O)c2cccs2)c(C(F)(F)F)nc1SCC(N)=O. The third-order valence-electron chi connectivity index (χ3n) is 2.72. The summed E-state index contributed by atoms with van der Waals surface area (Å²) in [5.74, 6) is -1.97. The molecule has 0 aromatic carbocycles. The Morgan fingerprint density at radius 1 is 1.42 bits per heavy atom. The number of ketones is 1. The van der Waals surface area contributed by atoms with Gasteiger partial charge in [-0.05, 0) is 17.5 Å². The zero-order valence-corrected chi connectivity index (χ0v) is 13.4. The maximum Gasteiger partial charge on any atom is 0.434 e. The molecule has 0 atom stereocenters. The van der Waals surface area contributed by atoms with Crippen molar-refractivity contribution in [3.05, 3.63) is 45.3 Å². The molecule has 0 saturated heterocycles. The van der Waals surface area contributed by atoms with Crippen molar-refractivity contribution in [2.24, 2.45) is 5.73 Å². The molecular weight excluding hydrogens is 363 g/mol. The van der Waals surface area contributed by atoms with E-state index in [0.717, 1.165) is 17.4 Å². The van der Waals surface area contributed by atoms with Crippen molar-refractivity contribution in [3.8, 4) is 6.07 Å². The number of halogens is 3. The fourth-order valence-electron chi connectivity index (χ4n) is 1.76. The van der Waals surface area contributed by atoms with E-state index in [2.05, 4.69) is 4.98 Å². The predicted octanol–water partition coefficient (Wildman–Crippen LogP) is 2.84. The van der Waals surface area contributed by atoms with E-state index in [9.17, 15) is 22.8 Å². The van der Waals surface area contributed by atoms with Gasteiger partial charge in [0.05, 0.1) is 21.8 Å². The third-order valence-corrected chi connectivity index (χ3v) is 4.60. The highest BCUT2D eigenvalue weighted by Crippen LogP contribution is 2.35. The van der Waals surface area contributed by atoms with E-state index >= 15 is 0 Å². The van der Waals surface area contributed by atoms with Crippen LogP contribution in [0.15, 0.2) is 28.6 Å². The lowest BCUT2D eigenvalue weighted by atomic mass is 10.1. The molecule has 1 amide bonds. The van der Waals surface area contributed by atoms with E-state index in [1.165, 1.54) is 12.1 Å². The number of pyridine rings is 1. The van der Waals surface area contributed by atoms with Gasteiger partial charge in [-0.3, -0.25) is 9.59 Å². The molecule has 24 heavy (non-hydrogen) atoms. The summed E-state index contributed by atoms with van der Waals surface area (Å²) in [6.07, 6.45) is -4.89. The largest absolute Gasteiger partial charge is 0.434 e. The van der Waals surface area contributed by atoms with Gasteiger partial charge >= 0.3 is 6.18 Å². The highest BCUT2D eigenvalue weighted by Gasteiger charge is 2.38. The summed E-state index contributed by atoms with van der Waals surface area (Å²) >= 11 is 1.59. The van der Waals surface area contributed by atoms with Crippen LogP contribution < -0.4 is 5.73 Å². The minimum absolute atomic E-state index is 0.101. The Morgan fingerprint density at radius 2 is 2.12 bits per heavy atom. The average molecular weight is 371 g/mol. The van der Waals surface area contributed by atoms with Crippen LogP contribution in [0.1, 0.15) is 26.5 Å². The molecule has 5 nitrogen and oxygen atoms in total. The van der Waals surface area contributed by atoms with Crippen LogP contribution in [0.25, 0.3) is 0 Å². The number of thiophene rings is 1. The van der Waals surface area contributed by atoms with E-state index in [1.54, 1.807) is 11.4 Å². The number of primary amides is 1. The van der Waals surface area contributed by atoms with Gasteiger partial charge in [0.25, 0.3) is 0 Å². The number of hydrogen-bond donors (Lipinski definition) is 1. The normalized spacial score (nSPS) is 11.1. The molecule has 0 saturated carbocycles. The molecule has 2 aromatic rings. The summed E-state index contributed by atoms with van der Waals surface area (Å²) < 4.78 is 39.8. The average Bonchev–Trinajstić information content (AvgIpc) is 3.04. The van der Waals surface area contributed by atoms with Crippen LogP contribution in [-0.2, 0) is 11.0 Å². The molecular formula is C14H8F3N3O2S2. The Balaban J connectivity index is 2.59. The van der Waals surface area contributed by atoms with Crippen LogP contribution in [0.5, 0.6) is 0 Å². The monoisotopic (exact) mass is 371 g/mol. The second kappa shape index (κ2) is 7.02. The summed E-state index contributed by atoms with van der Waals surface area (Å²) in [4.78, 5) is 26.6. The first-order valence-electron chi connectivity index (χ1n) is 6.25. The van der Waals surface area contributed by atoms with Gasteiger partial charge in [0, 0.05) is 0 Å². The van der Waals surface area contributed by atoms with Crippen molar-refractivity contribution in [2.45, 2.75) is 11.2 Å². The minimum Gasteiger partial charge on any atom is -0.369 e. The molecule has 0 bridgehead atoms. The number of carbonyl (C=O) groups excluding carboxylic acids is 2. The topological polar surface area (TPSA) is 96.8 Å². The van der Waals surface area contributed by atoms with Crippen LogP contribution in [0, 0.1) is 11.3 Å². The molecule has 124 valence electrons. The van der Waals surface area contributed by atoms with Crippen molar-refractivity contribution in [1.82, 2.24) is 4.98 Å². The zero-order chi connectivity index (χ0) is 17.9. The van der Waals surface area contributed by atoms with Crippen LogP contribution in [-0.4, -0.2) is 22.4 Å². The van der Waals surface area contributed by atoms with Gasteiger partial charge in [0.2, 0.25) is 11.7 Å². The minimum atomic E-state index is -4.89. The van der Waals surface area contributed by atoms with Crippen LogP contribution in [0.4, 0.5) is 13.2 Å². The lowest BCUT2D eigenvalue weighted by molar-refractivity contribution is -0.141. The zero-order valence-electron chi connectivity index (χ0n) is 11.8. The highest BCUT2D eigenvalue weighted by atomic mass is 32.2. The number of nitriles is 1. The smallest absolute Gasteiger partial charge is 0.369 e. The molecule has 0 unspecified atom stereocenters. The van der Waals surface area contributed by atoms with Gasteiger partial charge < -0.3 is 5.73 Å². The standard InChI is InChI=1S/C14H8F3N3O2S2/c15-14(16,17)12-8(11(22)9-2-1-3-23-9)4-7(5-18)13(20-12)24-6-10(19)21/h1-4H,6H2,(H2,19,21). The Kier molecular flexibility index (Phi) is 5.26. The van der Waals surface area contributed by atoms with Gasteiger partial charge in [0.15, 0.2) is 5.69 Å². The number of alkyl halides is 3. The van der Waals surface area contributed by atoms with Gasteiger partial charge in [-0.25, -0.2) is 4.98 Å². The number of amides is 1. The molecule has 2 aromatic heterocycles. The summed E-state index contributed by atoms with van der Waals surface area (Å²) in [5, 5.41) is 10.4. The maximum atomic E-state index is 13.3. The Hall–Kier alpha value is -2.38. The quantitative estimate of drug-likeness (QED) is 0.644. The van der Waals surface area contributed by atoms with Crippen LogP contribution in [0.2, 0.25) is 0 Å². The molecule has 0 fully saturated rings. The predicted molar refractivity (Wildman–Crippen MR) is 81.6 cm³/mol. The number of carbonyl (C=O) groups is 2. The summed E-state index contributed by atoms with van der Waals surface area (Å²) in [6.45, 7) is 0. The number of rotatable bonds is 5. The first kappa shape index (κ1) is 18.0. The van der Waals surface area contributed by atoms with Crippen molar-refractivity contribution < 1.29 is 22.8 Å². The van der Waals surface area contributed by atoms with Gasteiger partial charge in [-0.15, -0.1) is 11.3 Å². The van der Waals surface area contributed by atoms with E-state index in [1.807, 2.05) is 0 Å². The number of nitrogens with two attached hydrogens (primary N) is 1. The Morgan fingerprint density at radius 3 is 2.62 bits per heavy atom. The molecule has 0 spiro atoms. The highest BCUT2D eigenvalue weighted by molar-refractivity contribution is 7.99. The van der Waals surface area contributed by atoms with Crippen LogP contribution >= 0.6 is 23.1 Å². The van der Waals surface area contributed by atoms with Gasteiger partial charge in [-0.1, -0.05) is 17.8 Å². The Labute approximate surface area is 142 Å². The van der Waals surface area contributed by atoms with Crippen molar-refractivity contribution in [3.63, 3.8) is 0 Å². The molecule has 2 N–H and O–H groups in total. The van der Waals surface area contributed by atoms with E-state index < -0.39 is 29.1 Å². The number of hydrogen-bond acceptors (Lipinski definition) is 6. The van der Waals surface area contributed by atoms with Gasteiger partial charge in [-0.2, -0.15) is 18.4 Å². The van der Waals surface area contributed by atoms with Crippen molar-refractivity contribution >= 4 is 34.8 Å².